The van der Waals surface area contributed by atoms with Gasteiger partial charge in [0, 0.05) is 51.4 Å². The molecule has 2 aliphatic rings. The number of ether oxygens (including phenoxy) is 2. The molecule has 0 spiro atoms. The van der Waals surface area contributed by atoms with Crippen LogP contribution in [0.4, 0.5) is 0 Å². The molecule has 0 amide bonds. The average molecular weight is 663 g/mol. The standard InChI is InChI=1S/C45H34N4O2/c1-50-45-44-43(32-20-12-5-13-21-32)38-27-26-36(48-38)41(30-16-8-3-9-17-30)34-23-22-33(46-34)40(29-14-6-2-7-15-29)35-24-25-37(47-35)42(39(49-44)28-51-45)31-18-10-4-11-19-31/h2-27,45,47-48H,28H2,1H3. The number of H-pyrrole nitrogens is 2. The Morgan fingerprint density at radius 2 is 0.882 bits per heavy atom. The van der Waals surface area contributed by atoms with Gasteiger partial charge < -0.3 is 19.4 Å². The maximum Gasteiger partial charge on any atom is 0.201 e. The van der Waals surface area contributed by atoms with Crippen molar-refractivity contribution in [3.8, 4) is 44.5 Å². The molecule has 51 heavy (non-hydrogen) atoms. The van der Waals surface area contributed by atoms with Gasteiger partial charge in [-0.2, -0.15) is 0 Å². The lowest BCUT2D eigenvalue weighted by atomic mass is 10.0. The molecule has 0 radical (unpaired) electrons. The molecule has 3 aromatic heterocycles. The van der Waals surface area contributed by atoms with Crippen LogP contribution in [-0.4, -0.2) is 27.0 Å². The first-order valence-electron chi connectivity index (χ1n) is 17.1. The number of benzene rings is 4. The molecular formula is C45H34N4O2. The number of fused-ring (bicyclic) bond motifs is 8. The molecule has 1 unspecified atom stereocenters. The van der Waals surface area contributed by atoms with Gasteiger partial charge in [-0.15, -0.1) is 0 Å². The Hall–Kier alpha value is -6.34. The summed E-state index contributed by atoms with van der Waals surface area (Å²) in [6.45, 7) is 0.271. The first-order valence-corrected chi connectivity index (χ1v) is 17.1. The number of hydrogen-bond donors (Lipinski definition) is 2. The van der Waals surface area contributed by atoms with Crippen LogP contribution in [0.2, 0.25) is 0 Å². The van der Waals surface area contributed by atoms with Crippen LogP contribution >= 0.6 is 0 Å². The third-order valence-corrected chi connectivity index (χ3v) is 9.46. The van der Waals surface area contributed by atoms with Gasteiger partial charge in [0.05, 0.1) is 23.7 Å². The molecule has 0 aliphatic carbocycles. The second kappa shape index (κ2) is 13.2. The molecule has 4 aromatic carbocycles. The molecule has 5 heterocycles. The maximum absolute atomic E-state index is 6.52. The topological polar surface area (TPSA) is 75.8 Å². The van der Waals surface area contributed by atoms with E-state index in [2.05, 4.69) is 131 Å². The van der Waals surface area contributed by atoms with E-state index >= 15 is 0 Å². The van der Waals surface area contributed by atoms with Gasteiger partial charge in [-0.25, -0.2) is 9.97 Å². The summed E-state index contributed by atoms with van der Waals surface area (Å²) in [5, 5.41) is 0. The Morgan fingerprint density at radius 3 is 1.33 bits per heavy atom. The van der Waals surface area contributed by atoms with Gasteiger partial charge in [0.2, 0.25) is 6.29 Å². The van der Waals surface area contributed by atoms with Crippen molar-refractivity contribution in [1.29, 1.82) is 0 Å². The van der Waals surface area contributed by atoms with E-state index in [1.54, 1.807) is 7.11 Å². The van der Waals surface area contributed by atoms with Crippen LogP contribution in [0.1, 0.15) is 29.1 Å². The van der Waals surface area contributed by atoms with Crippen molar-refractivity contribution in [2.45, 2.75) is 12.9 Å². The van der Waals surface area contributed by atoms with Gasteiger partial charge >= 0.3 is 0 Å². The van der Waals surface area contributed by atoms with Gasteiger partial charge in [-0.05, 0) is 58.7 Å². The highest BCUT2D eigenvalue weighted by Crippen LogP contribution is 2.39. The minimum absolute atomic E-state index is 0.271. The van der Waals surface area contributed by atoms with Crippen LogP contribution in [-0.2, 0) is 16.1 Å². The maximum atomic E-state index is 6.52. The quantitative estimate of drug-likeness (QED) is 0.192. The summed E-state index contributed by atoms with van der Waals surface area (Å²) in [5.41, 5.74) is 15.0. The summed E-state index contributed by atoms with van der Waals surface area (Å²) < 4.78 is 12.5. The summed E-state index contributed by atoms with van der Waals surface area (Å²) in [6.07, 6.45) is 3.56. The molecule has 0 saturated heterocycles. The molecule has 1 atom stereocenters. The zero-order chi connectivity index (χ0) is 34.1. The van der Waals surface area contributed by atoms with Gasteiger partial charge in [0.25, 0.3) is 0 Å². The Kier molecular flexibility index (Phi) is 7.93. The average Bonchev–Trinajstić information content (AvgIpc) is 3.97. The van der Waals surface area contributed by atoms with E-state index in [9.17, 15) is 0 Å². The van der Waals surface area contributed by atoms with Crippen molar-refractivity contribution >= 4 is 34.2 Å². The minimum Gasteiger partial charge on any atom is -0.354 e. The molecule has 0 fully saturated rings. The smallest absolute Gasteiger partial charge is 0.201 e. The summed E-state index contributed by atoms with van der Waals surface area (Å²) in [5.74, 6) is 0. The Bertz CT molecular complexity index is 2560. The first-order chi connectivity index (χ1) is 25.2. The Balaban J connectivity index is 1.51. The van der Waals surface area contributed by atoms with Crippen molar-refractivity contribution < 1.29 is 9.47 Å². The molecule has 7 aromatic rings. The van der Waals surface area contributed by atoms with Crippen molar-refractivity contribution in [1.82, 2.24) is 19.9 Å². The summed E-state index contributed by atoms with van der Waals surface area (Å²) in [7, 11) is 1.67. The van der Waals surface area contributed by atoms with Crippen molar-refractivity contribution in [3.63, 3.8) is 0 Å². The van der Waals surface area contributed by atoms with E-state index in [1.807, 2.05) is 36.4 Å². The normalized spacial score (nSPS) is 14.0. The Morgan fingerprint density at radius 1 is 0.490 bits per heavy atom. The highest BCUT2D eigenvalue weighted by Gasteiger charge is 2.26. The number of nitrogens with one attached hydrogen (secondary N) is 2. The second-order valence-corrected chi connectivity index (χ2v) is 12.6. The van der Waals surface area contributed by atoms with Crippen LogP contribution in [0.25, 0.3) is 78.7 Å². The summed E-state index contributed by atoms with van der Waals surface area (Å²) >= 11 is 0. The molecule has 9 rings (SSSR count). The Labute approximate surface area is 295 Å². The third-order valence-electron chi connectivity index (χ3n) is 9.46. The molecule has 6 nitrogen and oxygen atoms in total. The highest BCUT2D eigenvalue weighted by molar-refractivity contribution is 5.97. The van der Waals surface area contributed by atoms with E-state index < -0.39 is 6.29 Å². The molecule has 2 N–H and O–H groups in total. The molecule has 6 heteroatoms. The van der Waals surface area contributed by atoms with E-state index in [-0.39, 0.29) is 6.61 Å². The van der Waals surface area contributed by atoms with Crippen molar-refractivity contribution in [3.05, 3.63) is 168 Å². The van der Waals surface area contributed by atoms with E-state index in [0.29, 0.717) is 5.69 Å². The number of methoxy groups -OCH3 is 1. The predicted octanol–water partition coefficient (Wildman–Crippen LogP) is 11.0. The lowest BCUT2D eigenvalue weighted by Gasteiger charge is -2.24. The molecule has 8 bridgehead atoms. The first kappa shape index (κ1) is 30.7. The fourth-order valence-corrected chi connectivity index (χ4v) is 7.18. The third kappa shape index (κ3) is 5.66. The number of nitrogens with zero attached hydrogens (tertiary/aromatic N) is 2. The monoisotopic (exact) mass is 662 g/mol. The fraction of sp³-hybridized carbons (Fsp3) is 0.0667. The predicted molar refractivity (Wildman–Crippen MR) is 206 cm³/mol. The van der Waals surface area contributed by atoms with Crippen LogP contribution in [0.3, 0.4) is 0 Å². The molecule has 246 valence electrons. The van der Waals surface area contributed by atoms with Crippen molar-refractivity contribution in [2.75, 3.05) is 7.11 Å². The fourth-order valence-electron chi connectivity index (χ4n) is 7.18. The van der Waals surface area contributed by atoms with Crippen molar-refractivity contribution in [2.24, 2.45) is 0 Å². The number of aromatic nitrogens is 4. The molecule has 2 aliphatic heterocycles. The van der Waals surface area contributed by atoms with Gasteiger partial charge in [-0.1, -0.05) is 121 Å². The van der Waals surface area contributed by atoms with Gasteiger partial charge in [0.1, 0.15) is 5.69 Å². The van der Waals surface area contributed by atoms with Crippen LogP contribution in [0.15, 0.2) is 146 Å². The lowest BCUT2D eigenvalue weighted by Crippen LogP contribution is -2.16. The SMILES string of the molecule is COC1OCc2nc1c(-c1ccccc1)c1ccc([nH]1)c(-c1ccccc1)c1nc(c(-c3ccccc3)c3ccc([nH]3)c2-c2ccccc2)C=C1. The van der Waals surface area contributed by atoms with Crippen LogP contribution < -0.4 is 0 Å². The zero-order valence-electron chi connectivity index (χ0n) is 28.0. The minimum atomic E-state index is -0.680. The van der Waals surface area contributed by atoms with E-state index in [4.69, 9.17) is 19.4 Å². The van der Waals surface area contributed by atoms with Gasteiger partial charge in [-0.3, -0.25) is 0 Å². The number of aromatic amines is 2. The second-order valence-electron chi connectivity index (χ2n) is 12.6. The summed E-state index contributed by atoms with van der Waals surface area (Å²) in [4.78, 5) is 18.4. The number of rotatable bonds is 5. The molecular weight excluding hydrogens is 629 g/mol. The molecule has 0 saturated carbocycles. The lowest BCUT2D eigenvalue weighted by molar-refractivity contribution is -0.145. The van der Waals surface area contributed by atoms with E-state index in [0.717, 1.165) is 83.7 Å². The van der Waals surface area contributed by atoms with Gasteiger partial charge in [0.15, 0.2) is 0 Å². The summed E-state index contributed by atoms with van der Waals surface area (Å²) in [6, 6.07) is 50.1. The van der Waals surface area contributed by atoms with Crippen LogP contribution in [0, 0.1) is 0 Å². The number of hydrogen-bond acceptors (Lipinski definition) is 4. The highest BCUT2D eigenvalue weighted by atomic mass is 16.7. The van der Waals surface area contributed by atoms with E-state index in [1.165, 1.54) is 0 Å². The zero-order valence-corrected chi connectivity index (χ0v) is 28.0. The van der Waals surface area contributed by atoms with Crippen LogP contribution in [0.5, 0.6) is 0 Å². The largest absolute Gasteiger partial charge is 0.354 e.